The SMILES string of the molecule is COc1ccc(CNC(=O)C[C@@H]2C=CCC2)cn1. The minimum atomic E-state index is 0.0994. The van der Waals surface area contributed by atoms with Gasteiger partial charge in [0.25, 0.3) is 0 Å². The smallest absolute Gasteiger partial charge is 0.220 e. The van der Waals surface area contributed by atoms with E-state index in [0.717, 1.165) is 18.4 Å². The average molecular weight is 246 g/mol. The van der Waals surface area contributed by atoms with Crippen molar-refractivity contribution in [2.75, 3.05) is 7.11 Å². The van der Waals surface area contributed by atoms with E-state index >= 15 is 0 Å². The molecule has 1 aromatic rings. The van der Waals surface area contributed by atoms with Crippen molar-refractivity contribution in [3.05, 3.63) is 36.0 Å². The minimum absolute atomic E-state index is 0.0994. The summed E-state index contributed by atoms with van der Waals surface area (Å²) in [6, 6.07) is 3.70. The Bertz CT molecular complexity index is 426. The van der Waals surface area contributed by atoms with Crippen LogP contribution in [-0.2, 0) is 11.3 Å². The van der Waals surface area contributed by atoms with E-state index in [9.17, 15) is 4.79 Å². The highest BCUT2D eigenvalue weighted by Gasteiger charge is 2.13. The summed E-state index contributed by atoms with van der Waals surface area (Å²) in [6.45, 7) is 0.520. The van der Waals surface area contributed by atoms with E-state index < -0.39 is 0 Å². The van der Waals surface area contributed by atoms with Gasteiger partial charge in [0, 0.05) is 25.2 Å². The highest BCUT2D eigenvalue weighted by molar-refractivity contribution is 5.76. The fourth-order valence-corrected chi connectivity index (χ4v) is 2.01. The molecule has 1 aromatic heterocycles. The zero-order chi connectivity index (χ0) is 12.8. The molecule has 0 bridgehead atoms. The van der Waals surface area contributed by atoms with Gasteiger partial charge in [-0.05, 0) is 24.3 Å². The van der Waals surface area contributed by atoms with Gasteiger partial charge in [-0.15, -0.1) is 0 Å². The lowest BCUT2D eigenvalue weighted by Gasteiger charge is -2.08. The molecular weight excluding hydrogens is 228 g/mol. The molecule has 0 spiro atoms. The number of nitrogens with one attached hydrogen (secondary N) is 1. The lowest BCUT2D eigenvalue weighted by Crippen LogP contribution is -2.24. The Balaban J connectivity index is 1.75. The summed E-state index contributed by atoms with van der Waals surface area (Å²) in [5, 5.41) is 2.91. The van der Waals surface area contributed by atoms with Crippen molar-refractivity contribution in [2.45, 2.75) is 25.8 Å². The number of carbonyl (C=O) groups excluding carboxylic acids is 1. The maximum atomic E-state index is 11.7. The number of amides is 1. The second-order valence-electron chi connectivity index (χ2n) is 4.46. The second kappa shape index (κ2) is 6.19. The van der Waals surface area contributed by atoms with Gasteiger partial charge in [0.15, 0.2) is 0 Å². The van der Waals surface area contributed by atoms with Crippen LogP contribution in [0.5, 0.6) is 5.88 Å². The largest absolute Gasteiger partial charge is 0.481 e. The number of pyridine rings is 1. The molecule has 0 aromatic carbocycles. The van der Waals surface area contributed by atoms with Crippen LogP contribution in [0.15, 0.2) is 30.5 Å². The molecule has 4 nitrogen and oxygen atoms in total. The maximum absolute atomic E-state index is 11.7. The van der Waals surface area contributed by atoms with Crippen LogP contribution in [0.4, 0.5) is 0 Å². The molecule has 0 saturated carbocycles. The lowest BCUT2D eigenvalue weighted by atomic mass is 10.1. The van der Waals surface area contributed by atoms with E-state index in [1.54, 1.807) is 19.4 Å². The molecule has 1 aliphatic carbocycles. The third kappa shape index (κ3) is 3.58. The molecule has 0 fully saturated rings. The van der Waals surface area contributed by atoms with Gasteiger partial charge in [-0.25, -0.2) is 4.98 Å². The van der Waals surface area contributed by atoms with E-state index in [0.29, 0.717) is 24.8 Å². The van der Waals surface area contributed by atoms with E-state index in [1.807, 2.05) is 6.07 Å². The van der Waals surface area contributed by atoms with Crippen molar-refractivity contribution in [3.8, 4) is 5.88 Å². The standard InChI is InChI=1S/C14H18N2O2/c1-18-14-7-6-12(10-16-14)9-15-13(17)8-11-4-2-3-5-11/h2,4,6-7,10-11H,3,5,8-9H2,1H3,(H,15,17)/t11-/m1/s1. The zero-order valence-electron chi connectivity index (χ0n) is 10.6. The number of aromatic nitrogens is 1. The molecule has 1 amide bonds. The normalized spacial score (nSPS) is 17.7. The molecule has 0 aliphatic heterocycles. The number of rotatable bonds is 5. The van der Waals surface area contributed by atoms with Crippen molar-refractivity contribution in [1.82, 2.24) is 10.3 Å². The predicted octanol–water partition coefficient (Wildman–Crippen LogP) is 2.06. The van der Waals surface area contributed by atoms with Crippen molar-refractivity contribution in [1.29, 1.82) is 0 Å². The first-order valence-corrected chi connectivity index (χ1v) is 6.20. The van der Waals surface area contributed by atoms with Gasteiger partial charge in [0.05, 0.1) is 7.11 Å². The number of nitrogens with zero attached hydrogens (tertiary/aromatic N) is 1. The van der Waals surface area contributed by atoms with Crippen LogP contribution in [-0.4, -0.2) is 18.0 Å². The van der Waals surface area contributed by atoms with Gasteiger partial charge in [0.1, 0.15) is 0 Å². The molecule has 18 heavy (non-hydrogen) atoms. The molecule has 1 atom stereocenters. The topological polar surface area (TPSA) is 51.2 Å². The third-order valence-electron chi connectivity index (χ3n) is 3.06. The molecule has 96 valence electrons. The van der Waals surface area contributed by atoms with Gasteiger partial charge >= 0.3 is 0 Å². The van der Waals surface area contributed by atoms with Crippen molar-refractivity contribution in [3.63, 3.8) is 0 Å². The van der Waals surface area contributed by atoms with E-state index in [1.165, 1.54) is 0 Å². The second-order valence-corrected chi connectivity index (χ2v) is 4.46. The number of methoxy groups -OCH3 is 1. The van der Waals surface area contributed by atoms with Crippen LogP contribution in [0, 0.1) is 5.92 Å². The number of hydrogen-bond acceptors (Lipinski definition) is 3. The summed E-state index contributed by atoms with van der Waals surface area (Å²) >= 11 is 0. The molecule has 0 saturated heterocycles. The minimum Gasteiger partial charge on any atom is -0.481 e. The third-order valence-corrected chi connectivity index (χ3v) is 3.06. The van der Waals surface area contributed by atoms with Crippen LogP contribution in [0.2, 0.25) is 0 Å². The Morgan fingerprint density at radius 2 is 2.44 bits per heavy atom. The van der Waals surface area contributed by atoms with E-state index in [-0.39, 0.29) is 5.91 Å². The van der Waals surface area contributed by atoms with Gasteiger partial charge in [0.2, 0.25) is 11.8 Å². The number of ether oxygens (including phenoxy) is 1. The summed E-state index contributed by atoms with van der Waals surface area (Å²) in [5.41, 5.74) is 0.978. The predicted molar refractivity (Wildman–Crippen MR) is 69.1 cm³/mol. The quantitative estimate of drug-likeness (QED) is 0.809. The molecular formula is C14H18N2O2. The fourth-order valence-electron chi connectivity index (χ4n) is 2.01. The lowest BCUT2D eigenvalue weighted by molar-refractivity contribution is -0.121. The molecule has 0 radical (unpaired) electrons. The van der Waals surface area contributed by atoms with Gasteiger partial charge < -0.3 is 10.1 Å². The Kier molecular flexibility index (Phi) is 4.34. The first-order valence-electron chi connectivity index (χ1n) is 6.20. The molecule has 2 rings (SSSR count). The molecule has 1 heterocycles. The Morgan fingerprint density at radius 1 is 1.56 bits per heavy atom. The summed E-state index contributed by atoms with van der Waals surface area (Å²) in [5.74, 6) is 1.10. The Hall–Kier alpha value is -1.84. The highest BCUT2D eigenvalue weighted by atomic mass is 16.5. The summed E-state index contributed by atoms with van der Waals surface area (Å²) in [6.07, 6.45) is 8.77. The van der Waals surface area contributed by atoms with Gasteiger partial charge in [-0.3, -0.25) is 4.79 Å². The van der Waals surface area contributed by atoms with Crippen LogP contribution in [0.3, 0.4) is 0 Å². The summed E-state index contributed by atoms with van der Waals surface area (Å²) in [4.78, 5) is 15.8. The highest BCUT2D eigenvalue weighted by Crippen LogP contribution is 2.20. The molecule has 0 unspecified atom stereocenters. The fraction of sp³-hybridized carbons (Fsp3) is 0.429. The van der Waals surface area contributed by atoms with Gasteiger partial charge in [-0.1, -0.05) is 18.2 Å². The number of carbonyl (C=O) groups is 1. The zero-order valence-corrected chi connectivity index (χ0v) is 10.6. The Labute approximate surface area is 107 Å². The van der Waals surface area contributed by atoms with Crippen LogP contribution < -0.4 is 10.1 Å². The summed E-state index contributed by atoms with van der Waals surface area (Å²) < 4.78 is 4.98. The molecule has 1 aliphatic rings. The van der Waals surface area contributed by atoms with Crippen molar-refractivity contribution < 1.29 is 9.53 Å². The first kappa shape index (κ1) is 12.6. The molecule has 1 N–H and O–H groups in total. The van der Waals surface area contributed by atoms with E-state index in [2.05, 4.69) is 22.5 Å². The van der Waals surface area contributed by atoms with Crippen LogP contribution in [0.25, 0.3) is 0 Å². The van der Waals surface area contributed by atoms with Crippen molar-refractivity contribution >= 4 is 5.91 Å². The van der Waals surface area contributed by atoms with E-state index in [4.69, 9.17) is 4.74 Å². The monoisotopic (exact) mass is 246 g/mol. The van der Waals surface area contributed by atoms with Crippen LogP contribution >= 0.6 is 0 Å². The molecule has 4 heteroatoms. The Morgan fingerprint density at radius 3 is 3.06 bits per heavy atom. The summed E-state index contributed by atoms with van der Waals surface area (Å²) in [7, 11) is 1.58. The first-order chi connectivity index (χ1) is 8.78. The number of allylic oxidation sites excluding steroid dienone is 2. The van der Waals surface area contributed by atoms with Gasteiger partial charge in [-0.2, -0.15) is 0 Å². The van der Waals surface area contributed by atoms with Crippen molar-refractivity contribution in [2.24, 2.45) is 5.92 Å². The van der Waals surface area contributed by atoms with Crippen LogP contribution in [0.1, 0.15) is 24.8 Å². The number of hydrogen-bond donors (Lipinski definition) is 1. The maximum Gasteiger partial charge on any atom is 0.220 e. The average Bonchev–Trinajstić information content (AvgIpc) is 2.90.